The number of anilines is 1. The quantitative estimate of drug-likeness (QED) is 0.756. The molecule has 3 nitrogen and oxygen atoms in total. The Labute approximate surface area is 107 Å². The van der Waals surface area contributed by atoms with E-state index in [0.29, 0.717) is 6.54 Å². The summed E-state index contributed by atoms with van der Waals surface area (Å²) < 4.78 is 0. The molecular weight excluding hydrogens is 224 g/mol. The fourth-order valence-corrected chi connectivity index (χ4v) is 4.42. The van der Waals surface area contributed by atoms with Crippen molar-refractivity contribution in [2.75, 3.05) is 11.4 Å². The minimum absolute atomic E-state index is 0.0774. The van der Waals surface area contributed by atoms with Crippen molar-refractivity contribution >= 4 is 11.6 Å². The maximum absolute atomic E-state index is 11.9. The second-order valence-electron chi connectivity index (χ2n) is 6.05. The van der Waals surface area contributed by atoms with Crippen LogP contribution in [0.4, 0.5) is 5.69 Å². The van der Waals surface area contributed by atoms with Gasteiger partial charge in [-0.05, 0) is 30.9 Å². The number of fused-ring (bicyclic) bond motifs is 3. The van der Waals surface area contributed by atoms with Crippen LogP contribution in [0.2, 0.25) is 0 Å². The third-order valence-electron chi connectivity index (χ3n) is 5.28. The fourth-order valence-electron chi connectivity index (χ4n) is 4.42. The van der Waals surface area contributed by atoms with Crippen LogP contribution in [-0.2, 0) is 10.2 Å². The molecular formula is C15H18N2O. The zero-order chi connectivity index (χ0) is 12.4. The molecule has 1 N–H and O–H groups in total. The molecule has 2 aliphatic heterocycles. The SMILES string of the molecule is CC12CCCC[C@@]13NC(=O)CN3c1ccccc12. The van der Waals surface area contributed by atoms with Gasteiger partial charge in [0, 0.05) is 11.1 Å². The maximum atomic E-state index is 11.9. The number of carbonyl (C=O) groups is 1. The van der Waals surface area contributed by atoms with E-state index >= 15 is 0 Å². The van der Waals surface area contributed by atoms with Crippen LogP contribution in [0.3, 0.4) is 0 Å². The Morgan fingerprint density at radius 1 is 1.22 bits per heavy atom. The number of hydrogen-bond acceptors (Lipinski definition) is 2. The summed E-state index contributed by atoms with van der Waals surface area (Å²) in [6.45, 7) is 2.85. The van der Waals surface area contributed by atoms with Crippen molar-refractivity contribution < 1.29 is 4.79 Å². The topological polar surface area (TPSA) is 32.3 Å². The van der Waals surface area contributed by atoms with Crippen LogP contribution in [0.1, 0.15) is 38.2 Å². The second kappa shape index (κ2) is 3.08. The molecule has 94 valence electrons. The lowest BCUT2D eigenvalue weighted by atomic mass is 9.65. The summed E-state index contributed by atoms with van der Waals surface area (Å²) in [5.41, 5.74) is 2.62. The average Bonchev–Trinajstić information content (AvgIpc) is 2.80. The number of benzene rings is 1. The highest BCUT2D eigenvalue weighted by atomic mass is 16.2. The Morgan fingerprint density at radius 3 is 2.89 bits per heavy atom. The van der Waals surface area contributed by atoms with Gasteiger partial charge in [-0.1, -0.05) is 31.5 Å². The Kier molecular flexibility index (Phi) is 1.78. The molecule has 0 bridgehead atoms. The summed E-state index contributed by atoms with van der Waals surface area (Å²) in [4.78, 5) is 14.2. The molecule has 2 fully saturated rings. The lowest BCUT2D eigenvalue weighted by Gasteiger charge is -2.48. The molecule has 1 spiro atoms. The van der Waals surface area contributed by atoms with Crippen molar-refractivity contribution in [3.8, 4) is 0 Å². The van der Waals surface area contributed by atoms with E-state index in [-0.39, 0.29) is 17.0 Å². The van der Waals surface area contributed by atoms with Crippen LogP contribution in [0.25, 0.3) is 0 Å². The van der Waals surface area contributed by atoms with Crippen LogP contribution in [0.15, 0.2) is 24.3 Å². The highest BCUT2D eigenvalue weighted by Gasteiger charge is 2.63. The molecule has 4 rings (SSSR count). The van der Waals surface area contributed by atoms with Gasteiger partial charge in [-0.15, -0.1) is 0 Å². The molecule has 1 aromatic carbocycles. The van der Waals surface area contributed by atoms with E-state index in [1.165, 1.54) is 30.5 Å². The number of hydrogen-bond donors (Lipinski definition) is 1. The van der Waals surface area contributed by atoms with Gasteiger partial charge < -0.3 is 10.2 Å². The molecule has 3 heteroatoms. The van der Waals surface area contributed by atoms with Gasteiger partial charge in [0.05, 0.1) is 6.54 Å². The van der Waals surface area contributed by atoms with Crippen molar-refractivity contribution in [1.29, 1.82) is 0 Å². The molecule has 18 heavy (non-hydrogen) atoms. The highest BCUT2D eigenvalue weighted by molar-refractivity contribution is 5.90. The monoisotopic (exact) mass is 242 g/mol. The molecule has 1 aromatic rings. The molecule has 1 saturated heterocycles. The van der Waals surface area contributed by atoms with Gasteiger partial charge >= 0.3 is 0 Å². The molecule has 1 amide bonds. The average molecular weight is 242 g/mol. The zero-order valence-electron chi connectivity index (χ0n) is 10.7. The first-order valence-corrected chi connectivity index (χ1v) is 6.86. The first-order chi connectivity index (χ1) is 8.67. The van der Waals surface area contributed by atoms with Gasteiger partial charge in [0.1, 0.15) is 5.66 Å². The number of rotatable bonds is 0. The van der Waals surface area contributed by atoms with E-state index in [1.807, 2.05) is 0 Å². The largest absolute Gasteiger partial charge is 0.338 e. The summed E-state index contributed by atoms with van der Waals surface area (Å²) in [6.07, 6.45) is 4.71. The first kappa shape index (κ1) is 10.4. The van der Waals surface area contributed by atoms with E-state index in [4.69, 9.17) is 0 Å². The van der Waals surface area contributed by atoms with Gasteiger partial charge in [0.2, 0.25) is 5.91 Å². The van der Waals surface area contributed by atoms with Crippen LogP contribution < -0.4 is 10.2 Å². The van der Waals surface area contributed by atoms with Crippen molar-refractivity contribution in [3.63, 3.8) is 0 Å². The van der Waals surface area contributed by atoms with E-state index in [0.717, 1.165) is 6.42 Å². The lowest BCUT2D eigenvalue weighted by molar-refractivity contribution is -0.119. The zero-order valence-corrected chi connectivity index (χ0v) is 10.7. The first-order valence-electron chi connectivity index (χ1n) is 6.86. The third kappa shape index (κ3) is 0.957. The van der Waals surface area contributed by atoms with E-state index in [1.54, 1.807) is 0 Å². The minimum atomic E-state index is -0.147. The van der Waals surface area contributed by atoms with E-state index in [2.05, 4.69) is 41.4 Å². The maximum Gasteiger partial charge on any atom is 0.241 e. The number of para-hydroxylation sites is 1. The molecule has 2 atom stereocenters. The second-order valence-corrected chi connectivity index (χ2v) is 6.05. The van der Waals surface area contributed by atoms with Gasteiger partial charge in [0.25, 0.3) is 0 Å². The smallest absolute Gasteiger partial charge is 0.241 e. The highest BCUT2D eigenvalue weighted by Crippen LogP contribution is 2.58. The predicted octanol–water partition coefficient (Wildman–Crippen LogP) is 2.16. The predicted molar refractivity (Wildman–Crippen MR) is 70.5 cm³/mol. The molecule has 2 heterocycles. The van der Waals surface area contributed by atoms with E-state index in [9.17, 15) is 4.79 Å². The lowest BCUT2D eigenvalue weighted by Crippen LogP contribution is -2.62. The molecule has 0 aromatic heterocycles. The van der Waals surface area contributed by atoms with Crippen LogP contribution in [-0.4, -0.2) is 18.1 Å². The summed E-state index contributed by atoms with van der Waals surface area (Å²) in [7, 11) is 0. The molecule has 3 aliphatic rings. The summed E-state index contributed by atoms with van der Waals surface area (Å²) in [5.74, 6) is 0.178. The van der Waals surface area contributed by atoms with Gasteiger partial charge in [-0.25, -0.2) is 0 Å². The van der Waals surface area contributed by atoms with Crippen molar-refractivity contribution in [1.82, 2.24) is 5.32 Å². The van der Waals surface area contributed by atoms with E-state index < -0.39 is 0 Å². The molecule has 1 saturated carbocycles. The van der Waals surface area contributed by atoms with Crippen LogP contribution in [0, 0.1) is 0 Å². The number of nitrogens with zero attached hydrogens (tertiary/aromatic N) is 1. The fraction of sp³-hybridized carbons (Fsp3) is 0.533. The number of carbonyl (C=O) groups excluding carboxylic acids is 1. The number of amides is 1. The Bertz CT molecular complexity index is 541. The Morgan fingerprint density at radius 2 is 2.00 bits per heavy atom. The molecule has 1 unspecified atom stereocenters. The molecule has 0 radical (unpaired) electrons. The van der Waals surface area contributed by atoms with Crippen LogP contribution >= 0.6 is 0 Å². The van der Waals surface area contributed by atoms with Crippen molar-refractivity contribution in [3.05, 3.63) is 29.8 Å². The minimum Gasteiger partial charge on any atom is -0.338 e. The summed E-state index contributed by atoms with van der Waals surface area (Å²) >= 11 is 0. The third-order valence-corrected chi connectivity index (χ3v) is 5.28. The molecule has 1 aliphatic carbocycles. The normalized spacial score (nSPS) is 36.9. The standard InChI is InChI=1S/C15H18N2O/c1-14-8-4-5-9-15(14)16-13(18)10-17(15)12-7-3-2-6-11(12)14/h2-3,6-7H,4-5,8-10H2,1H3,(H,16,18)/t14?,15-/m0/s1. The Balaban J connectivity index is 1.99. The van der Waals surface area contributed by atoms with Crippen molar-refractivity contribution in [2.24, 2.45) is 0 Å². The number of nitrogens with one attached hydrogen (secondary N) is 1. The Hall–Kier alpha value is -1.51. The van der Waals surface area contributed by atoms with Gasteiger partial charge in [-0.2, -0.15) is 0 Å². The van der Waals surface area contributed by atoms with Gasteiger partial charge in [0.15, 0.2) is 0 Å². The van der Waals surface area contributed by atoms with Gasteiger partial charge in [-0.3, -0.25) is 4.79 Å². The summed E-state index contributed by atoms with van der Waals surface area (Å²) in [5, 5.41) is 3.31. The summed E-state index contributed by atoms with van der Waals surface area (Å²) in [6, 6.07) is 8.61. The van der Waals surface area contributed by atoms with Crippen molar-refractivity contribution in [2.45, 2.75) is 43.7 Å². The van der Waals surface area contributed by atoms with Crippen LogP contribution in [0.5, 0.6) is 0 Å².